The Morgan fingerprint density at radius 2 is 1.86 bits per heavy atom. The minimum atomic E-state index is -1.37. The Morgan fingerprint density at radius 3 is 2.48 bits per heavy atom. The van der Waals surface area contributed by atoms with Crippen molar-refractivity contribution in [2.45, 2.75) is 6.92 Å². The molecule has 0 saturated carbocycles. The van der Waals surface area contributed by atoms with E-state index in [0.717, 1.165) is 10.5 Å². The van der Waals surface area contributed by atoms with E-state index >= 15 is 0 Å². The van der Waals surface area contributed by atoms with E-state index in [4.69, 9.17) is 4.74 Å². The van der Waals surface area contributed by atoms with Gasteiger partial charge in [0.1, 0.15) is 17.9 Å². The summed E-state index contributed by atoms with van der Waals surface area (Å²) in [4.78, 5) is 48.6. The molecule has 9 heteroatoms. The van der Waals surface area contributed by atoms with E-state index in [9.17, 15) is 24.3 Å². The third kappa shape index (κ3) is 4.52. The van der Waals surface area contributed by atoms with Gasteiger partial charge in [-0.2, -0.15) is 0 Å². The number of carbonyl (C=O) groups excluding carboxylic acids is 4. The standard InChI is InChI=1S/C20H15BrN2O6/c1-11-2-5-13(6-3-11)23-19(27)14(18(26)22-20(23)28)8-12-4-7-16(15(21)9-12)29-10-17(24)25/h2-9H,10H2,1H3,(H,24,25)(H,22,26,28)/p-1/b14-8+. The van der Waals surface area contributed by atoms with E-state index in [1.807, 2.05) is 6.92 Å². The fourth-order valence-electron chi connectivity index (χ4n) is 2.61. The van der Waals surface area contributed by atoms with Crippen molar-refractivity contribution >= 4 is 51.5 Å². The molecule has 1 fully saturated rings. The Bertz CT molecular complexity index is 1050. The van der Waals surface area contributed by atoms with E-state index in [1.165, 1.54) is 18.2 Å². The number of anilines is 1. The Balaban J connectivity index is 1.91. The molecule has 1 N–H and O–H groups in total. The Labute approximate surface area is 173 Å². The summed E-state index contributed by atoms with van der Waals surface area (Å²) in [5, 5.41) is 12.7. The number of benzene rings is 2. The van der Waals surface area contributed by atoms with Crippen LogP contribution in [0.4, 0.5) is 10.5 Å². The molecule has 0 bridgehead atoms. The summed E-state index contributed by atoms with van der Waals surface area (Å²) in [6, 6.07) is 10.5. The first-order valence-electron chi connectivity index (χ1n) is 8.36. The van der Waals surface area contributed by atoms with Crippen LogP contribution in [0.1, 0.15) is 11.1 Å². The summed E-state index contributed by atoms with van der Waals surface area (Å²) in [5.74, 6) is -2.67. The maximum atomic E-state index is 12.8. The smallest absolute Gasteiger partial charge is 0.335 e. The second kappa shape index (κ2) is 8.27. The van der Waals surface area contributed by atoms with Gasteiger partial charge in [0.25, 0.3) is 11.8 Å². The van der Waals surface area contributed by atoms with Crippen LogP contribution < -0.4 is 20.1 Å². The van der Waals surface area contributed by atoms with Crippen LogP contribution >= 0.6 is 15.9 Å². The number of ether oxygens (including phenoxy) is 1. The van der Waals surface area contributed by atoms with Gasteiger partial charge in [0, 0.05) is 0 Å². The van der Waals surface area contributed by atoms with Gasteiger partial charge in [0.2, 0.25) is 0 Å². The monoisotopic (exact) mass is 457 g/mol. The number of aryl methyl sites for hydroxylation is 1. The van der Waals surface area contributed by atoms with Crippen molar-refractivity contribution in [1.29, 1.82) is 0 Å². The van der Waals surface area contributed by atoms with Gasteiger partial charge >= 0.3 is 6.03 Å². The zero-order valence-corrected chi connectivity index (χ0v) is 16.7. The van der Waals surface area contributed by atoms with E-state index in [2.05, 4.69) is 21.2 Å². The predicted molar refractivity (Wildman–Crippen MR) is 105 cm³/mol. The SMILES string of the molecule is Cc1ccc(N2C(=O)NC(=O)/C(=C\c3ccc(OCC(=O)[O-])c(Br)c3)C2=O)cc1. The van der Waals surface area contributed by atoms with Crippen LogP contribution in [-0.4, -0.2) is 30.4 Å². The molecule has 29 heavy (non-hydrogen) atoms. The molecule has 0 radical (unpaired) electrons. The van der Waals surface area contributed by atoms with E-state index in [0.29, 0.717) is 15.7 Å². The van der Waals surface area contributed by atoms with E-state index < -0.39 is 30.4 Å². The molecule has 148 valence electrons. The highest BCUT2D eigenvalue weighted by atomic mass is 79.9. The lowest BCUT2D eigenvalue weighted by Gasteiger charge is -2.26. The van der Waals surface area contributed by atoms with E-state index in [-0.39, 0.29) is 11.3 Å². The number of hydrogen-bond donors (Lipinski definition) is 1. The van der Waals surface area contributed by atoms with Gasteiger partial charge in [-0.3, -0.25) is 14.9 Å². The summed E-state index contributed by atoms with van der Waals surface area (Å²) >= 11 is 3.24. The molecule has 0 aliphatic carbocycles. The van der Waals surface area contributed by atoms with Crippen LogP contribution in [0.3, 0.4) is 0 Å². The number of carbonyl (C=O) groups is 4. The maximum Gasteiger partial charge on any atom is 0.335 e. The molecule has 2 aromatic rings. The van der Waals surface area contributed by atoms with Crippen molar-refractivity contribution in [2.24, 2.45) is 0 Å². The van der Waals surface area contributed by atoms with Crippen LogP contribution in [-0.2, 0) is 14.4 Å². The quantitative estimate of drug-likeness (QED) is 0.537. The molecular formula is C20H14BrN2O6-. The lowest BCUT2D eigenvalue weighted by molar-refractivity contribution is -0.307. The number of nitrogens with one attached hydrogen (secondary N) is 1. The van der Waals surface area contributed by atoms with Gasteiger partial charge in [-0.15, -0.1) is 0 Å². The number of halogens is 1. The summed E-state index contributed by atoms with van der Waals surface area (Å²) in [5.41, 5.74) is 1.54. The molecule has 1 heterocycles. The van der Waals surface area contributed by atoms with Gasteiger partial charge < -0.3 is 14.6 Å². The second-order valence-corrected chi connectivity index (χ2v) is 7.00. The number of carboxylic acid groups (broad SMARTS) is 1. The second-order valence-electron chi connectivity index (χ2n) is 6.14. The number of imide groups is 2. The molecule has 3 rings (SSSR count). The van der Waals surface area contributed by atoms with Gasteiger partial charge in [-0.05, 0) is 58.8 Å². The highest BCUT2D eigenvalue weighted by Crippen LogP contribution is 2.28. The largest absolute Gasteiger partial charge is 0.546 e. The van der Waals surface area contributed by atoms with Gasteiger partial charge in [-0.1, -0.05) is 23.8 Å². The number of urea groups is 1. The Kier molecular flexibility index (Phi) is 5.79. The predicted octanol–water partition coefficient (Wildman–Crippen LogP) is 1.55. The molecule has 2 aromatic carbocycles. The molecule has 1 aliphatic heterocycles. The maximum absolute atomic E-state index is 12.8. The zero-order chi connectivity index (χ0) is 21.1. The number of nitrogens with zero attached hydrogens (tertiary/aromatic N) is 1. The van der Waals surface area contributed by atoms with Crippen molar-refractivity contribution in [3.05, 3.63) is 63.6 Å². The lowest BCUT2D eigenvalue weighted by atomic mass is 10.1. The van der Waals surface area contributed by atoms with Crippen LogP contribution in [0, 0.1) is 6.92 Å². The van der Waals surface area contributed by atoms with Crippen molar-refractivity contribution in [3.63, 3.8) is 0 Å². The molecule has 8 nitrogen and oxygen atoms in total. The zero-order valence-electron chi connectivity index (χ0n) is 15.1. The molecule has 0 unspecified atom stereocenters. The van der Waals surface area contributed by atoms with Gasteiger partial charge in [-0.25, -0.2) is 9.69 Å². The Morgan fingerprint density at radius 1 is 1.17 bits per heavy atom. The highest BCUT2D eigenvalue weighted by molar-refractivity contribution is 9.10. The first-order valence-corrected chi connectivity index (χ1v) is 9.16. The molecule has 0 aromatic heterocycles. The molecular weight excluding hydrogens is 444 g/mol. The summed E-state index contributed by atoms with van der Waals surface area (Å²) in [7, 11) is 0. The summed E-state index contributed by atoms with van der Waals surface area (Å²) in [6.45, 7) is 1.25. The number of barbiturate groups is 1. The average molecular weight is 458 g/mol. The lowest BCUT2D eigenvalue weighted by Crippen LogP contribution is -2.54. The summed E-state index contributed by atoms with van der Waals surface area (Å²) in [6.07, 6.45) is 1.33. The number of hydrogen-bond acceptors (Lipinski definition) is 6. The molecule has 1 aliphatic rings. The molecule has 1 saturated heterocycles. The first-order chi connectivity index (χ1) is 13.8. The molecule has 0 atom stereocenters. The number of carboxylic acids is 1. The fraction of sp³-hybridized carbons (Fsp3) is 0.100. The topological polar surface area (TPSA) is 116 Å². The number of aliphatic carboxylic acids is 1. The minimum Gasteiger partial charge on any atom is -0.546 e. The van der Waals surface area contributed by atoms with Gasteiger partial charge in [0.15, 0.2) is 0 Å². The van der Waals surface area contributed by atoms with Crippen molar-refractivity contribution in [3.8, 4) is 5.75 Å². The number of rotatable bonds is 5. The van der Waals surface area contributed by atoms with Crippen molar-refractivity contribution < 1.29 is 29.0 Å². The Hall–Kier alpha value is -3.46. The average Bonchev–Trinajstić information content (AvgIpc) is 2.65. The van der Waals surface area contributed by atoms with Crippen molar-refractivity contribution in [2.75, 3.05) is 11.5 Å². The van der Waals surface area contributed by atoms with Crippen LogP contribution in [0.2, 0.25) is 0 Å². The van der Waals surface area contributed by atoms with E-state index in [1.54, 1.807) is 30.3 Å². The minimum absolute atomic E-state index is 0.222. The number of amides is 4. The van der Waals surface area contributed by atoms with Crippen LogP contribution in [0.15, 0.2) is 52.5 Å². The highest BCUT2D eigenvalue weighted by Gasteiger charge is 2.36. The molecule has 4 amide bonds. The fourth-order valence-corrected chi connectivity index (χ4v) is 3.12. The third-order valence-corrected chi connectivity index (χ3v) is 4.63. The molecule has 0 spiro atoms. The third-order valence-electron chi connectivity index (χ3n) is 4.01. The van der Waals surface area contributed by atoms with Crippen LogP contribution in [0.25, 0.3) is 6.08 Å². The van der Waals surface area contributed by atoms with Crippen LogP contribution in [0.5, 0.6) is 5.75 Å². The summed E-state index contributed by atoms with van der Waals surface area (Å²) < 4.78 is 5.47. The normalized spacial score (nSPS) is 15.4. The van der Waals surface area contributed by atoms with Crippen molar-refractivity contribution in [1.82, 2.24) is 5.32 Å². The first kappa shape index (κ1) is 20.3. The van der Waals surface area contributed by atoms with Gasteiger partial charge in [0.05, 0.1) is 16.1 Å².